The van der Waals surface area contributed by atoms with E-state index in [2.05, 4.69) is 5.32 Å². The van der Waals surface area contributed by atoms with Gasteiger partial charge in [0.15, 0.2) is 0 Å². The minimum atomic E-state index is -1.13. The molecule has 1 aliphatic rings. The van der Waals surface area contributed by atoms with E-state index in [1.807, 2.05) is 26.0 Å². The number of carbonyl (C=O) groups excluding carboxylic acids is 1. The van der Waals surface area contributed by atoms with E-state index in [-0.39, 0.29) is 6.04 Å². The van der Waals surface area contributed by atoms with Gasteiger partial charge in [-0.1, -0.05) is 12.1 Å². The Balaban J connectivity index is 2.18. The van der Waals surface area contributed by atoms with Crippen LogP contribution in [0.3, 0.4) is 0 Å². The standard InChI is InChI=1S/C14H17NO4/c1-7-4-5-10-11(6-19-12(10)8(7)2)15-13(16)9(3)14(17)18/h4-5,9,11H,6H2,1-3H3,(H,15,16)(H,17,18). The molecular weight excluding hydrogens is 246 g/mol. The van der Waals surface area contributed by atoms with Gasteiger partial charge in [-0.2, -0.15) is 0 Å². The molecule has 0 saturated heterocycles. The summed E-state index contributed by atoms with van der Waals surface area (Å²) in [7, 11) is 0. The minimum Gasteiger partial charge on any atom is -0.490 e. The third-order valence-corrected chi connectivity index (χ3v) is 3.56. The number of benzene rings is 1. The normalized spacial score (nSPS) is 18.4. The Morgan fingerprint density at radius 1 is 1.42 bits per heavy atom. The Bertz CT molecular complexity index is 538. The van der Waals surface area contributed by atoms with Crippen molar-refractivity contribution in [1.29, 1.82) is 0 Å². The van der Waals surface area contributed by atoms with Crippen molar-refractivity contribution in [3.8, 4) is 5.75 Å². The van der Waals surface area contributed by atoms with Crippen LogP contribution in [0.2, 0.25) is 0 Å². The maximum absolute atomic E-state index is 11.8. The van der Waals surface area contributed by atoms with Crippen molar-refractivity contribution >= 4 is 11.9 Å². The quantitative estimate of drug-likeness (QED) is 0.812. The summed E-state index contributed by atoms with van der Waals surface area (Å²) in [4.78, 5) is 22.5. The average Bonchev–Trinajstić information content (AvgIpc) is 2.76. The predicted molar refractivity (Wildman–Crippen MR) is 69.1 cm³/mol. The monoisotopic (exact) mass is 263 g/mol. The molecule has 2 N–H and O–H groups in total. The summed E-state index contributed by atoms with van der Waals surface area (Å²) in [6.07, 6.45) is 0. The largest absolute Gasteiger partial charge is 0.490 e. The number of aryl methyl sites for hydroxylation is 1. The van der Waals surface area contributed by atoms with Crippen LogP contribution in [-0.4, -0.2) is 23.6 Å². The molecule has 0 aliphatic carbocycles. The molecule has 2 rings (SSSR count). The fourth-order valence-corrected chi connectivity index (χ4v) is 2.06. The Kier molecular flexibility index (Phi) is 3.46. The maximum Gasteiger partial charge on any atom is 0.315 e. The Morgan fingerprint density at radius 3 is 2.74 bits per heavy atom. The SMILES string of the molecule is Cc1ccc2c(c1C)OCC2NC(=O)C(C)C(=O)O. The van der Waals surface area contributed by atoms with Crippen molar-refractivity contribution in [2.24, 2.45) is 5.92 Å². The van der Waals surface area contributed by atoms with Gasteiger partial charge in [-0.15, -0.1) is 0 Å². The molecule has 5 nitrogen and oxygen atoms in total. The van der Waals surface area contributed by atoms with Crippen LogP contribution >= 0.6 is 0 Å². The fraction of sp³-hybridized carbons (Fsp3) is 0.429. The van der Waals surface area contributed by atoms with Gasteiger partial charge in [0, 0.05) is 5.56 Å². The second-order valence-electron chi connectivity index (χ2n) is 4.86. The summed E-state index contributed by atoms with van der Waals surface area (Å²) in [5, 5.41) is 11.5. The van der Waals surface area contributed by atoms with Crippen molar-refractivity contribution in [2.45, 2.75) is 26.8 Å². The third-order valence-electron chi connectivity index (χ3n) is 3.56. The van der Waals surface area contributed by atoms with Crippen molar-refractivity contribution in [3.05, 3.63) is 28.8 Å². The number of amides is 1. The molecule has 102 valence electrons. The molecule has 1 aliphatic heterocycles. The van der Waals surface area contributed by atoms with E-state index in [9.17, 15) is 9.59 Å². The second kappa shape index (κ2) is 4.91. The van der Waals surface area contributed by atoms with Crippen LogP contribution < -0.4 is 10.1 Å². The predicted octanol–water partition coefficient (Wildman–Crippen LogP) is 1.57. The Morgan fingerprint density at radius 2 is 2.11 bits per heavy atom. The van der Waals surface area contributed by atoms with E-state index in [0.717, 1.165) is 22.4 Å². The molecule has 0 saturated carbocycles. The van der Waals surface area contributed by atoms with Gasteiger partial charge >= 0.3 is 5.97 Å². The molecule has 0 bridgehead atoms. The average molecular weight is 263 g/mol. The lowest BCUT2D eigenvalue weighted by Crippen LogP contribution is -2.36. The van der Waals surface area contributed by atoms with Gasteiger partial charge in [0.2, 0.25) is 5.91 Å². The number of carboxylic acids is 1. The number of hydrogen-bond donors (Lipinski definition) is 2. The lowest BCUT2D eigenvalue weighted by Gasteiger charge is -2.14. The van der Waals surface area contributed by atoms with E-state index in [0.29, 0.717) is 6.61 Å². The fourth-order valence-electron chi connectivity index (χ4n) is 2.06. The van der Waals surface area contributed by atoms with Crippen LogP contribution in [0.15, 0.2) is 12.1 Å². The zero-order chi connectivity index (χ0) is 14.2. The number of aliphatic carboxylic acids is 1. The van der Waals surface area contributed by atoms with Crippen LogP contribution in [0.25, 0.3) is 0 Å². The third kappa shape index (κ3) is 2.41. The molecule has 0 spiro atoms. The van der Waals surface area contributed by atoms with E-state index in [1.165, 1.54) is 6.92 Å². The number of fused-ring (bicyclic) bond motifs is 1. The summed E-state index contributed by atoms with van der Waals surface area (Å²) in [6.45, 7) is 5.68. The summed E-state index contributed by atoms with van der Waals surface area (Å²) in [5.74, 6) is -1.88. The molecule has 5 heteroatoms. The van der Waals surface area contributed by atoms with Crippen LogP contribution in [0.5, 0.6) is 5.75 Å². The number of carbonyl (C=O) groups is 2. The zero-order valence-electron chi connectivity index (χ0n) is 11.2. The highest BCUT2D eigenvalue weighted by Crippen LogP contribution is 2.36. The van der Waals surface area contributed by atoms with Crippen molar-refractivity contribution < 1.29 is 19.4 Å². The molecule has 1 heterocycles. The summed E-state index contributed by atoms with van der Waals surface area (Å²) in [6, 6.07) is 3.62. The van der Waals surface area contributed by atoms with Gasteiger partial charge in [0.25, 0.3) is 0 Å². The molecule has 1 amide bonds. The number of carboxylic acid groups (broad SMARTS) is 1. The molecule has 1 aromatic carbocycles. The van der Waals surface area contributed by atoms with Crippen molar-refractivity contribution in [3.63, 3.8) is 0 Å². The number of rotatable bonds is 3. The van der Waals surface area contributed by atoms with E-state index in [4.69, 9.17) is 9.84 Å². The number of nitrogens with one attached hydrogen (secondary N) is 1. The topological polar surface area (TPSA) is 75.6 Å². The molecule has 0 radical (unpaired) electrons. The highest BCUT2D eigenvalue weighted by Gasteiger charge is 2.30. The summed E-state index contributed by atoms with van der Waals surface area (Å²) < 4.78 is 5.60. The van der Waals surface area contributed by atoms with Gasteiger partial charge in [-0.3, -0.25) is 9.59 Å². The molecule has 0 fully saturated rings. The lowest BCUT2D eigenvalue weighted by atomic mass is 10.0. The Labute approximate surface area is 111 Å². The highest BCUT2D eigenvalue weighted by atomic mass is 16.5. The molecule has 1 aromatic rings. The van der Waals surface area contributed by atoms with Crippen molar-refractivity contribution in [1.82, 2.24) is 5.32 Å². The molecule has 19 heavy (non-hydrogen) atoms. The minimum absolute atomic E-state index is 0.274. The van der Waals surface area contributed by atoms with Gasteiger partial charge in [0.1, 0.15) is 18.3 Å². The van der Waals surface area contributed by atoms with E-state index < -0.39 is 17.8 Å². The summed E-state index contributed by atoms with van der Waals surface area (Å²) in [5.41, 5.74) is 3.10. The van der Waals surface area contributed by atoms with Crippen LogP contribution in [-0.2, 0) is 9.59 Å². The van der Waals surface area contributed by atoms with E-state index >= 15 is 0 Å². The second-order valence-corrected chi connectivity index (χ2v) is 4.86. The number of ether oxygens (including phenoxy) is 1. The summed E-state index contributed by atoms with van der Waals surface area (Å²) >= 11 is 0. The van der Waals surface area contributed by atoms with Crippen molar-refractivity contribution in [2.75, 3.05) is 6.61 Å². The first-order valence-electron chi connectivity index (χ1n) is 6.18. The smallest absolute Gasteiger partial charge is 0.315 e. The van der Waals surface area contributed by atoms with Crippen LogP contribution in [0.4, 0.5) is 0 Å². The molecular formula is C14H17NO4. The molecule has 2 unspecified atom stereocenters. The Hall–Kier alpha value is -2.04. The van der Waals surface area contributed by atoms with E-state index in [1.54, 1.807) is 0 Å². The van der Waals surface area contributed by atoms with Crippen LogP contribution in [0.1, 0.15) is 29.7 Å². The first kappa shape index (κ1) is 13.4. The lowest BCUT2D eigenvalue weighted by molar-refractivity contribution is -0.146. The molecule has 0 aromatic heterocycles. The highest BCUT2D eigenvalue weighted by molar-refractivity contribution is 5.96. The van der Waals surface area contributed by atoms with Gasteiger partial charge in [0.05, 0.1) is 6.04 Å². The molecule has 2 atom stereocenters. The first-order chi connectivity index (χ1) is 8.91. The first-order valence-corrected chi connectivity index (χ1v) is 6.18. The van der Waals surface area contributed by atoms with Gasteiger partial charge in [-0.05, 0) is 31.9 Å². The maximum atomic E-state index is 11.8. The zero-order valence-corrected chi connectivity index (χ0v) is 11.2. The van der Waals surface area contributed by atoms with Gasteiger partial charge < -0.3 is 15.2 Å². The van der Waals surface area contributed by atoms with Gasteiger partial charge in [-0.25, -0.2) is 0 Å². The van der Waals surface area contributed by atoms with Crippen LogP contribution in [0, 0.1) is 19.8 Å². The number of hydrogen-bond acceptors (Lipinski definition) is 3.